The van der Waals surface area contributed by atoms with E-state index in [1.807, 2.05) is 0 Å². The zero-order valence-electron chi connectivity index (χ0n) is 12.1. The molecule has 3 rings (SSSR count). The van der Waals surface area contributed by atoms with Crippen LogP contribution in [0.25, 0.3) is 0 Å². The number of amides is 1. The Morgan fingerprint density at radius 2 is 2.14 bits per heavy atom. The molecule has 1 aliphatic rings. The van der Waals surface area contributed by atoms with Crippen molar-refractivity contribution in [3.8, 4) is 0 Å². The van der Waals surface area contributed by atoms with E-state index in [0.717, 1.165) is 31.4 Å². The number of anilines is 1. The molecule has 1 heterocycles. The highest BCUT2D eigenvalue weighted by molar-refractivity contribution is 7.15. The van der Waals surface area contributed by atoms with Crippen molar-refractivity contribution >= 4 is 28.1 Å². The molecule has 0 unspecified atom stereocenters. The molecule has 0 fully saturated rings. The molecule has 114 valence electrons. The van der Waals surface area contributed by atoms with Gasteiger partial charge in [0.25, 0.3) is 11.6 Å². The molecule has 1 amide bonds. The minimum absolute atomic E-state index is 0.0499. The number of nitro benzene ring substituents is 1. The molecular weight excluding hydrogens is 302 g/mol. The summed E-state index contributed by atoms with van der Waals surface area (Å²) in [5.74, 6) is -0.366. The lowest BCUT2D eigenvalue weighted by Gasteiger charge is -2.06. The van der Waals surface area contributed by atoms with Gasteiger partial charge in [-0.15, -0.1) is 11.3 Å². The first-order valence-electron chi connectivity index (χ1n) is 7.09. The molecule has 2 aromatic rings. The molecule has 0 aliphatic heterocycles. The lowest BCUT2D eigenvalue weighted by molar-refractivity contribution is -0.385. The second kappa shape index (κ2) is 5.84. The molecule has 7 heteroatoms. The highest BCUT2D eigenvalue weighted by Gasteiger charge is 2.18. The summed E-state index contributed by atoms with van der Waals surface area (Å²) in [5, 5.41) is 14.3. The number of nitro groups is 1. The van der Waals surface area contributed by atoms with E-state index in [0.29, 0.717) is 10.7 Å². The van der Waals surface area contributed by atoms with Crippen molar-refractivity contribution in [1.82, 2.24) is 4.98 Å². The fourth-order valence-corrected chi connectivity index (χ4v) is 3.57. The first kappa shape index (κ1) is 14.6. The second-order valence-electron chi connectivity index (χ2n) is 5.31. The van der Waals surface area contributed by atoms with Crippen LogP contribution in [0.2, 0.25) is 0 Å². The summed E-state index contributed by atoms with van der Waals surface area (Å²) in [4.78, 5) is 28.4. The summed E-state index contributed by atoms with van der Waals surface area (Å²) in [5.41, 5.74) is 1.82. The topological polar surface area (TPSA) is 85.1 Å². The van der Waals surface area contributed by atoms with Gasteiger partial charge in [-0.25, -0.2) is 4.98 Å². The second-order valence-corrected chi connectivity index (χ2v) is 6.39. The Morgan fingerprint density at radius 3 is 2.86 bits per heavy atom. The summed E-state index contributed by atoms with van der Waals surface area (Å²) < 4.78 is 0. The van der Waals surface area contributed by atoms with Crippen LogP contribution in [0, 0.1) is 17.0 Å². The Hall–Kier alpha value is -2.28. The van der Waals surface area contributed by atoms with Crippen molar-refractivity contribution < 1.29 is 9.72 Å². The average molecular weight is 317 g/mol. The van der Waals surface area contributed by atoms with Gasteiger partial charge in [0.05, 0.1) is 10.6 Å². The molecule has 0 saturated heterocycles. The number of thiazole rings is 1. The van der Waals surface area contributed by atoms with Crippen LogP contribution in [0.15, 0.2) is 18.2 Å². The molecule has 1 aromatic carbocycles. The molecule has 0 saturated carbocycles. The summed E-state index contributed by atoms with van der Waals surface area (Å²) in [7, 11) is 0. The van der Waals surface area contributed by atoms with Crippen LogP contribution < -0.4 is 5.32 Å². The predicted octanol–water partition coefficient (Wildman–Crippen LogP) is 3.49. The summed E-state index contributed by atoms with van der Waals surface area (Å²) >= 11 is 1.50. The largest absolute Gasteiger partial charge is 0.298 e. The lowest BCUT2D eigenvalue weighted by atomic mass is 10.0. The Balaban J connectivity index is 1.81. The van der Waals surface area contributed by atoms with Crippen LogP contribution in [0.3, 0.4) is 0 Å². The van der Waals surface area contributed by atoms with E-state index in [1.54, 1.807) is 19.1 Å². The van der Waals surface area contributed by atoms with Crippen LogP contribution in [-0.4, -0.2) is 15.8 Å². The van der Waals surface area contributed by atoms with Crippen LogP contribution in [0.4, 0.5) is 10.8 Å². The SMILES string of the molecule is Cc1ccc(C(=O)Nc2nc3c(s2)CCCC3)cc1[N+](=O)[O-]. The molecule has 1 aliphatic carbocycles. The summed E-state index contributed by atoms with van der Waals surface area (Å²) in [6.07, 6.45) is 4.26. The van der Waals surface area contributed by atoms with Crippen LogP contribution >= 0.6 is 11.3 Å². The summed E-state index contributed by atoms with van der Waals surface area (Å²) in [6.45, 7) is 1.65. The lowest BCUT2D eigenvalue weighted by Crippen LogP contribution is -2.12. The first-order chi connectivity index (χ1) is 10.5. The Kier molecular flexibility index (Phi) is 3.89. The van der Waals surface area contributed by atoms with Crippen molar-refractivity contribution in [3.05, 3.63) is 50.0 Å². The minimum atomic E-state index is -0.478. The molecule has 0 bridgehead atoms. The fourth-order valence-electron chi connectivity index (χ4n) is 2.52. The molecular formula is C15H15N3O3S. The smallest absolute Gasteiger partial charge is 0.273 e. The van der Waals surface area contributed by atoms with E-state index < -0.39 is 4.92 Å². The zero-order chi connectivity index (χ0) is 15.7. The normalized spacial score (nSPS) is 13.5. The van der Waals surface area contributed by atoms with E-state index in [4.69, 9.17) is 0 Å². The van der Waals surface area contributed by atoms with Crippen molar-refractivity contribution in [2.75, 3.05) is 5.32 Å². The minimum Gasteiger partial charge on any atom is -0.298 e. The average Bonchev–Trinajstić information content (AvgIpc) is 2.89. The van der Waals surface area contributed by atoms with E-state index in [1.165, 1.54) is 22.3 Å². The number of aromatic nitrogens is 1. The third-order valence-electron chi connectivity index (χ3n) is 3.73. The van der Waals surface area contributed by atoms with Gasteiger partial charge in [0.1, 0.15) is 0 Å². The van der Waals surface area contributed by atoms with Gasteiger partial charge in [-0.2, -0.15) is 0 Å². The molecule has 6 nitrogen and oxygen atoms in total. The van der Waals surface area contributed by atoms with E-state index in [2.05, 4.69) is 10.3 Å². The monoisotopic (exact) mass is 317 g/mol. The van der Waals surface area contributed by atoms with Crippen LogP contribution in [0.1, 0.15) is 39.3 Å². The van der Waals surface area contributed by atoms with Crippen molar-refractivity contribution in [3.63, 3.8) is 0 Å². The van der Waals surface area contributed by atoms with Crippen molar-refractivity contribution in [2.45, 2.75) is 32.6 Å². The molecule has 0 spiro atoms. The first-order valence-corrected chi connectivity index (χ1v) is 7.91. The number of fused-ring (bicyclic) bond motifs is 1. The number of hydrogen-bond acceptors (Lipinski definition) is 5. The fraction of sp³-hybridized carbons (Fsp3) is 0.333. The molecule has 0 radical (unpaired) electrons. The maximum Gasteiger partial charge on any atom is 0.273 e. The third kappa shape index (κ3) is 2.85. The predicted molar refractivity (Wildman–Crippen MR) is 84.5 cm³/mol. The van der Waals surface area contributed by atoms with Gasteiger partial charge in [0, 0.05) is 22.1 Å². The third-order valence-corrected chi connectivity index (χ3v) is 4.81. The number of benzene rings is 1. The van der Waals surface area contributed by atoms with E-state index in [9.17, 15) is 14.9 Å². The molecule has 0 atom stereocenters. The van der Waals surface area contributed by atoms with Gasteiger partial charge in [-0.05, 0) is 38.7 Å². The maximum atomic E-state index is 12.2. The number of aryl methyl sites for hydroxylation is 3. The Bertz CT molecular complexity index is 731. The zero-order valence-corrected chi connectivity index (χ0v) is 12.9. The van der Waals surface area contributed by atoms with E-state index >= 15 is 0 Å². The quantitative estimate of drug-likeness (QED) is 0.693. The Morgan fingerprint density at radius 1 is 1.36 bits per heavy atom. The number of rotatable bonds is 3. The van der Waals surface area contributed by atoms with Gasteiger partial charge in [-0.3, -0.25) is 20.2 Å². The van der Waals surface area contributed by atoms with Crippen molar-refractivity contribution in [1.29, 1.82) is 0 Å². The number of carbonyl (C=O) groups is 1. The van der Waals surface area contributed by atoms with E-state index in [-0.39, 0.29) is 17.2 Å². The number of hydrogen-bond donors (Lipinski definition) is 1. The van der Waals surface area contributed by atoms with Gasteiger partial charge < -0.3 is 0 Å². The number of nitrogens with one attached hydrogen (secondary N) is 1. The highest BCUT2D eigenvalue weighted by atomic mass is 32.1. The van der Waals surface area contributed by atoms with Gasteiger partial charge >= 0.3 is 0 Å². The standard InChI is InChI=1S/C15H15N3O3S/c1-9-6-7-10(8-12(9)18(20)21)14(19)17-15-16-11-4-2-3-5-13(11)22-15/h6-8H,2-5H2,1H3,(H,16,17,19). The molecule has 1 aromatic heterocycles. The van der Waals surface area contributed by atoms with Crippen molar-refractivity contribution in [2.24, 2.45) is 0 Å². The van der Waals surface area contributed by atoms with Gasteiger partial charge in [-0.1, -0.05) is 6.07 Å². The maximum absolute atomic E-state index is 12.2. The number of nitrogens with zero attached hydrogens (tertiary/aromatic N) is 2. The van der Waals surface area contributed by atoms with Crippen LogP contribution in [-0.2, 0) is 12.8 Å². The van der Waals surface area contributed by atoms with Gasteiger partial charge in [0.2, 0.25) is 0 Å². The van der Waals surface area contributed by atoms with Crippen LogP contribution in [0.5, 0.6) is 0 Å². The highest BCUT2D eigenvalue weighted by Crippen LogP contribution is 2.30. The molecule has 1 N–H and O–H groups in total. The molecule has 22 heavy (non-hydrogen) atoms. The Labute approximate surface area is 131 Å². The number of carbonyl (C=O) groups excluding carboxylic acids is 1. The van der Waals surface area contributed by atoms with Gasteiger partial charge in [0.15, 0.2) is 5.13 Å². The summed E-state index contributed by atoms with van der Waals surface area (Å²) in [6, 6.07) is 4.48.